The minimum Gasteiger partial charge on any atom is -0.482 e. The predicted molar refractivity (Wildman–Crippen MR) is 88.6 cm³/mol. The zero-order valence-corrected chi connectivity index (χ0v) is 13.8. The van der Waals surface area contributed by atoms with Crippen LogP contribution in [0.1, 0.15) is 30.3 Å². The van der Waals surface area contributed by atoms with Crippen LogP contribution in [0.4, 0.5) is 5.95 Å². The minimum atomic E-state index is -0.213. The monoisotopic (exact) mass is 327 g/mol. The number of rotatable bonds is 4. The molecule has 2 aliphatic rings. The lowest BCUT2D eigenvalue weighted by molar-refractivity contribution is -0.124. The topological polar surface area (TPSA) is 86.3 Å². The van der Waals surface area contributed by atoms with Gasteiger partial charge in [0.05, 0.1) is 0 Å². The van der Waals surface area contributed by atoms with Gasteiger partial charge in [0.25, 0.3) is 0 Å². The number of carbonyl (C=O) groups is 1. The maximum Gasteiger partial charge on any atom is 0.227 e. The lowest BCUT2D eigenvalue weighted by Gasteiger charge is -2.39. The van der Waals surface area contributed by atoms with Crippen molar-refractivity contribution in [2.24, 2.45) is 18.7 Å². The van der Waals surface area contributed by atoms with Gasteiger partial charge < -0.3 is 15.4 Å². The van der Waals surface area contributed by atoms with Gasteiger partial charge in [0.2, 0.25) is 11.9 Å². The zero-order valence-electron chi connectivity index (χ0n) is 13.8. The normalized spacial score (nSPS) is 24.8. The highest BCUT2D eigenvalue weighted by molar-refractivity contribution is 5.78. The van der Waals surface area contributed by atoms with E-state index in [0.29, 0.717) is 0 Å². The summed E-state index contributed by atoms with van der Waals surface area (Å²) in [5, 5.41) is 8.69. The van der Waals surface area contributed by atoms with Crippen molar-refractivity contribution in [2.75, 3.05) is 11.9 Å². The molecule has 0 spiro atoms. The quantitative estimate of drug-likeness (QED) is 0.911. The molecule has 1 atom stereocenters. The number of nitrogens with two attached hydrogens (primary N) is 1. The lowest BCUT2D eigenvalue weighted by Crippen LogP contribution is -2.48. The van der Waals surface area contributed by atoms with E-state index >= 15 is 0 Å². The van der Waals surface area contributed by atoms with Crippen LogP contribution in [0.5, 0.6) is 5.75 Å². The third-order valence-corrected chi connectivity index (χ3v) is 5.20. The number of benzene rings is 1. The maximum absolute atomic E-state index is 11.2. The molecular formula is C17H21N5O2. The lowest BCUT2D eigenvalue weighted by atomic mass is 9.79. The Labute approximate surface area is 140 Å². The van der Waals surface area contributed by atoms with E-state index in [1.165, 1.54) is 5.56 Å². The van der Waals surface area contributed by atoms with E-state index in [-0.39, 0.29) is 24.0 Å². The number of primary amides is 1. The van der Waals surface area contributed by atoms with Gasteiger partial charge in [-0.2, -0.15) is 0 Å². The Morgan fingerprint density at radius 3 is 2.79 bits per heavy atom. The molecule has 7 nitrogen and oxygen atoms in total. The van der Waals surface area contributed by atoms with Crippen LogP contribution in [-0.4, -0.2) is 33.8 Å². The largest absolute Gasteiger partial charge is 0.482 e. The van der Waals surface area contributed by atoms with Crippen LogP contribution in [0.2, 0.25) is 0 Å². The van der Waals surface area contributed by atoms with Crippen molar-refractivity contribution in [2.45, 2.75) is 31.4 Å². The average Bonchev–Trinajstić information content (AvgIpc) is 3.07. The third kappa shape index (κ3) is 2.31. The summed E-state index contributed by atoms with van der Waals surface area (Å²) >= 11 is 0. The fourth-order valence-electron chi connectivity index (χ4n) is 3.55. The molecule has 0 radical (unpaired) electrons. The molecule has 1 saturated carbocycles. The molecule has 1 aliphatic carbocycles. The van der Waals surface area contributed by atoms with Crippen LogP contribution >= 0.6 is 0 Å². The van der Waals surface area contributed by atoms with E-state index in [4.69, 9.17) is 10.5 Å². The zero-order chi connectivity index (χ0) is 16.8. The molecule has 4 rings (SSSR count). The second kappa shape index (κ2) is 5.51. The molecule has 1 aromatic heterocycles. The van der Waals surface area contributed by atoms with Gasteiger partial charge in [-0.3, -0.25) is 9.36 Å². The predicted octanol–water partition coefficient (Wildman–Crippen LogP) is 1.19. The van der Waals surface area contributed by atoms with E-state index in [1.807, 2.05) is 36.9 Å². The second-order valence-corrected chi connectivity index (χ2v) is 6.67. The van der Waals surface area contributed by atoms with Crippen LogP contribution in [-0.2, 0) is 18.3 Å². The van der Waals surface area contributed by atoms with Gasteiger partial charge >= 0.3 is 0 Å². The van der Waals surface area contributed by atoms with E-state index in [9.17, 15) is 4.79 Å². The molecule has 1 aromatic carbocycles. The molecule has 0 bridgehead atoms. The molecule has 126 valence electrons. The van der Waals surface area contributed by atoms with Crippen LogP contribution in [0.15, 0.2) is 24.3 Å². The standard InChI is InChI=1S/C17H21N5O2/c1-21(12-7-11(8-12)15(18)23)17-20-19-16(22(17)2)14-9-10-5-3-4-6-13(10)24-14/h3-6,11-12,14H,7-9H2,1-2H3,(H2,18,23). The summed E-state index contributed by atoms with van der Waals surface area (Å²) in [6.07, 6.45) is 2.25. The Kier molecular flexibility index (Phi) is 3.44. The number of carbonyl (C=O) groups excluding carboxylic acids is 1. The number of para-hydroxylation sites is 1. The molecule has 2 aromatic rings. The number of anilines is 1. The van der Waals surface area contributed by atoms with Crippen molar-refractivity contribution in [1.82, 2.24) is 14.8 Å². The molecule has 1 aliphatic heterocycles. The van der Waals surface area contributed by atoms with E-state index in [2.05, 4.69) is 21.2 Å². The number of ether oxygens (including phenoxy) is 1. The Balaban J connectivity index is 1.49. The number of nitrogens with zero attached hydrogens (tertiary/aromatic N) is 4. The van der Waals surface area contributed by atoms with E-state index in [0.717, 1.165) is 36.8 Å². The van der Waals surface area contributed by atoms with Crippen LogP contribution in [0, 0.1) is 5.92 Å². The average molecular weight is 327 g/mol. The summed E-state index contributed by atoms with van der Waals surface area (Å²) in [7, 11) is 3.94. The van der Waals surface area contributed by atoms with E-state index < -0.39 is 0 Å². The van der Waals surface area contributed by atoms with Gasteiger partial charge in [-0.25, -0.2) is 0 Å². The number of aromatic nitrogens is 3. The fourth-order valence-corrected chi connectivity index (χ4v) is 3.55. The molecule has 2 heterocycles. The number of amides is 1. The summed E-state index contributed by atoms with van der Waals surface area (Å²) in [6, 6.07) is 8.34. The molecule has 24 heavy (non-hydrogen) atoms. The molecule has 1 unspecified atom stereocenters. The van der Waals surface area contributed by atoms with Gasteiger partial charge in [-0.15, -0.1) is 10.2 Å². The Morgan fingerprint density at radius 2 is 2.08 bits per heavy atom. The first-order valence-electron chi connectivity index (χ1n) is 8.20. The van der Waals surface area contributed by atoms with E-state index in [1.54, 1.807) is 0 Å². The number of hydrogen-bond acceptors (Lipinski definition) is 5. The maximum atomic E-state index is 11.2. The minimum absolute atomic E-state index is 0.0159. The highest BCUT2D eigenvalue weighted by Crippen LogP contribution is 2.37. The summed E-state index contributed by atoms with van der Waals surface area (Å²) in [6.45, 7) is 0. The smallest absolute Gasteiger partial charge is 0.227 e. The summed E-state index contributed by atoms with van der Waals surface area (Å²) in [5.41, 5.74) is 6.55. The molecule has 0 saturated heterocycles. The number of hydrogen-bond donors (Lipinski definition) is 1. The highest BCUT2D eigenvalue weighted by Gasteiger charge is 2.38. The van der Waals surface area contributed by atoms with Crippen molar-refractivity contribution in [3.05, 3.63) is 35.7 Å². The first-order valence-corrected chi connectivity index (χ1v) is 8.20. The molecular weight excluding hydrogens is 306 g/mol. The van der Waals surface area contributed by atoms with Crippen LogP contribution in [0.25, 0.3) is 0 Å². The molecule has 1 fully saturated rings. The van der Waals surface area contributed by atoms with Gasteiger partial charge in [-0.05, 0) is 24.5 Å². The Bertz CT molecular complexity index is 756. The van der Waals surface area contributed by atoms with Crippen molar-refractivity contribution in [3.63, 3.8) is 0 Å². The first kappa shape index (κ1) is 15.0. The molecule has 7 heteroatoms. The van der Waals surface area contributed by atoms with Crippen molar-refractivity contribution in [3.8, 4) is 5.75 Å². The number of fused-ring (bicyclic) bond motifs is 1. The van der Waals surface area contributed by atoms with Gasteiger partial charge in [-0.1, -0.05) is 18.2 Å². The molecule has 1 amide bonds. The Morgan fingerprint density at radius 1 is 1.33 bits per heavy atom. The molecule has 2 N–H and O–H groups in total. The van der Waals surface area contributed by atoms with Crippen molar-refractivity contribution >= 4 is 11.9 Å². The third-order valence-electron chi connectivity index (χ3n) is 5.20. The summed E-state index contributed by atoms with van der Waals surface area (Å²) < 4.78 is 7.99. The van der Waals surface area contributed by atoms with Crippen molar-refractivity contribution < 1.29 is 9.53 Å². The Hall–Kier alpha value is -2.57. The van der Waals surface area contributed by atoms with Crippen LogP contribution < -0.4 is 15.4 Å². The van der Waals surface area contributed by atoms with Gasteiger partial charge in [0.1, 0.15) is 5.75 Å². The fraction of sp³-hybridized carbons (Fsp3) is 0.471. The SMILES string of the molecule is CN(c1nnc(C2Cc3ccccc3O2)n1C)C1CC(C(N)=O)C1. The van der Waals surface area contributed by atoms with Crippen molar-refractivity contribution in [1.29, 1.82) is 0 Å². The van der Waals surface area contributed by atoms with Gasteiger partial charge in [0.15, 0.2) is 11.9 Å². The second-order valence-electron chi connectivity index (χ2n) is 6.67. The summed E-state index contributed by atoms with van der Waals surface area (Å²) in [4.78, 5) is 13.3. The summed E-state index contributed by atoms with van der Waals surface area (Å²) in [5.74, 6) is 2.30. The van der Waals surface area contributed by atoms with Gasteiger partial charge in [0, 0.05) is 32.5 Å². The first-order chi connectivity index (χ1) is 11.5. The van der Waals surface area contributed by atoms with Crippen LogP contribution in [0.3, 0.4) is 0 Å². The highest BCUT2D eigenvalue weighted by atomic mass is 16.5.